The molecule has 3 rings (SSSR count). The molecule has 0 fully saturated rings. The van der Waals surface area contributed by atoms with Gasteiger partial charge in [-0.25, -0.2) is 0 Å². The van der Waals surface area contributed by atoms with Gasteiger partial charge in [0.25, 0.3) is 5.91 Å². The van der Waals surface area contributed by atoms with Crippen molar-refractivity contribution >= 4 is 12.4 Å². The van der Waals surface area contributed by atoms with Crippen molar-refractivity contribution in [2.24, 2.45) is 0 Å². The number of fused-ring (bicyclic) bond motifs is 2. The van der Waals surface area contributed by atoms with Crippen molar-refractivity contribution in [3.8, 4) is 17.2 Å². The van der Waals surface area contributed by atoms with Gasteiger partial charge in [0.2, 0.25) is 12.5 Å². The second kappa shape index (κ2) is 4.72. The number of aliphatic hydroxyl groups is 2. The van der Waals surface area contributed by atoms with Gasteiger partial charge in [-0.3, -0.25) is 4.90 Å². The second-order valence-corrected chi connectivity index (χ2v) is 4.48. The summed E-state index contributed by atoms with van der Waals surface area (Å²) in [5.74, 6) is -0.707. The normalized spacial score (nSPS) is 19.6. The summed E-state index contributed by atoms with van der Waals surface area (Å²) >= 11 is 0. The molecule has 0 unspecified atom stereocenters. The average Bonchev–Trinajstić information content (AvgIpc) is 2.79. The molecule has 2 aliphatic rings. The maximum Gasteiger partial charge on any atom is 0.257 e. The van der Waals surface area contributed by atoms with Crippen LogP contribution >= 0.6 is 12.4 Å². The van der Waals surface area contributed by atoms with Gasteiger partial charge in [-0.2, -0.15) is 0 Å². The third-order valence-electron chi connectivity index (χ3n) is 3.49. The quantitative estimate of drug-likeness (QED) is 0.731. The van der Waals surface area contributed by atoms with Gasteiger partial charge in [0.15, 0.2) is 11.5 Å². The number of hydrogen-bond donors (Lipinski definition) is 2. The molecule has 2 N–H and O–H groups in total. The number of methoxy groups -OCH3 is 1. The van der Waals surface area contributed by atoms with E-state index in [1.54, 1.807) is 13.1 Å². The molecule has 1 aromatic carbocycles. The van der Waals surface area contributed by atoms with Gasteiger partial charge in [-0.05, 0) is 25.1 Å². The van der Waals surface area contributed by atoms with Gasteiger partial charge in [0, 0.05) is 6.54 Å². The Balaban J connectivity index is 0.00000133. The minimum Gasteiger partial charge on any atom is -0.492 e. The van der Waals surface area contributed by atoms with E-state index in [1.165, 1.54) is 12.0 Å². The molecule has 2 aliphatic heterocycles. The molecule has 0 atom stereocenters. The van der Waals surface area contributed by atoms with Crippen molar-refractivity contribution in [2.75, 3.05) is 27.5 Å². The van der Waals surface area contributed by atoms with Crippen molar-refractivity contribution in [1.29, 1.82) is 0 Å². The van der Waals surface area contributed by atoms with Crippen molar-refractivity contribution < 1.29 is 24.4 Å². The zero-order valence-corrected chi connectivity index (χ0v) is 11.5. The molecule has 0 saturated carbocycles. The lowest BCUT2D eigenvalue weighted by atomic mass is 9.94. The number of hydrogen-bond acceptors (Lipinski definition) is 6. The molecule has 0 saturated heterocycles. The topological polar surface area (TPSA) is 71.4 Å². The van der Waals surface area contributed by atoms with Crippen LogP contribution in [0, 0.1) is 0 Å². The van der Waals surface area contributed by atoms with Gasteiger partial charge in [-0.1, -0.05) is 0 Å². The molecule has 0 spiro atoms. The van der Waals surface area contributed by atoms with Crippen molar-refractivity contribution in [2.45, 2.75) is 12.3 Å². The van der Waals surface area contributed by atoms with Crippen molar-refractivity contribution in [1.82, 2.24) is 4.90 Å². The number of nitrogens with zero attached hydrogens (tertiary/aromatic N) is 1. The minimum atomic E-state index is -2.06. The smallest absolute Gasteiger partial charge is 0.257 e. The van der Waals surface area contributed by atoms with Gasteiger partial charge in [0.05, 0.1) is 12.7 Å². The summed E-state index contributed by atoms with van der Waals surface area (Å²) in [5, 5.41) is 20.5. The highest BCUT2D eigenvalue weighted by Crippen LogP contribution is 2.49. The molecule has 0 radical (unpaired) electrons. The highest BCUT2D eigenvalue weighted by atomic mass is 35.5. The summed E-state index contributed by atoms with van der Waals surface area (Å²) in [6, 6.07) is 1.79. The highest BCUT2D eigenvalue weighted by Gasteiger charge is 2.42. The van der Waals surface area contributed by atoms with Crippen molar-refractivity contribution in [3.05, 3.63) is 17.2 Å². The van der Waals surface area contributed by atoms with Crippen LogP contribution in [0.15, 0.2) is 6.07 Å². The van der Waals surface area contributed by atoms with Crippen LogP contribution in [0.4, 0.5) is 0 Å². The van der Waals surface area contributed by atoms with E-state index in [1.807, 2.05) is 0 Å². The lowest BCUT2D eigenvalue weighted by molar-refractivity contribution is -0.272. The van der Waals surface area contributed by atoms with Gasteiger partial charge in [-0.15, -0.1) is 12.4 Å². The average molecular weight is 290 g/mol. The summed E-state index contributed by atoms with van der Waals surface area (Å²) < 4.78 is 15.9. The number of likely N-dealkylation sites (N-methyl/N-ethyl adjacent to an activating group) is 1. The molecule has 0 amide bonds. The number of benzene rings is 1. The van der Waals surface area contributed by atoms with E-state index < -0.39 is 5.91 Å². The Morgan fingerprint density at radius 1 is 1.37 bits per heavy atom. The fraction of sp³-hybridized carbons (Fsp3) is 0.500. The lowest BCUT2D eigenvalue weighted by Gasteiger charge is -2.38. The summed E-state index contributed by atoms with van der Waals surface area (Å²) in [7, 11) is 3.12. The van der Waals surface area contributed by atoms with Crippen LogP contribution in [0.1, 0.15) is 11.1 Å². The maximum absolute atomic E-state index is 10.2. The molecular weight excluding hydrogens is 274 g/mol. The fourth-order valence-electron chi connectivity index (χ4n) is 2.46. The molecule has 1 aromatic rings. The van der Waals surface area contributed by atoms with E-state index in [2.05, 4.69) is 0 Å². The summed E-state index contributed by atoms with van der Waals surface area (Å²) in [5.41, 5.74) is 1.14. The predicted molar refractivity (Wildman–Crippen MR) is 68.8 cm³/mol. The van der Waals surface area contributed by atoms with E-state index in [4.69, 9.17) is 14.2 Å². The Kier molecular flexibility index (Phi) is 3.53. The Morgan fingerprint density at radius 2 is 2.11 bits per heavy atom. The van der Waals surface area contributed by atoms with E-state index in [-0.39, 0.29) is 19.2 Å². The Morgan fingerprint density at radius 3 is 2.79 bits per heavy atom. The van der Waals surface area contributed by atoms with Crippen molar-refractivity contribution in [3.63, 3.8) is 0 Å². The molecule has 2 heterocycles. The predicted octanol–water partition coefficient (Wildman–Crippen LogP) is 0.428. The Labute approximate surface area is 116 Å². The summed E-state index contributed by atoms with van der Waals surface area (Å²) in [6.45, 7) is 0.664. The van der Waals surface area contributed by atoms with Crippen LogP contribution < -0.4 is 14.2 Å². The van der Waals surface area contributed by atoms with Crippen LogP contribution in [0.5, 0.6) is 17.2 Å². The Bertz CT molecular complexity index is 505. The molecule has 19 heavy (non-hydrogen) atoms. The second-order valence-electron chi connectivity index (χ2n) is 4.48. The van der Waals surface area contributed by atoms with Crippen LogP contribution in [0.3, 0.4) is 0 Å². The molecule has 0 bridgehead atoms. The molecular formula is C12H16ClNO5. The lowest BCUT2D eigenvalue weighted by Crippen LogP contribution is -2.48. The molecule has 0 aliphatic carbocycles. The minimum absolute atomic E-state index is 0. The van der Waals surface area contributed by atoms with Gasteiger partial charge in [0.1, 0.15) is 0 Å². The van der Waals surface area contributed by atoms with Crippen LogP contribution in [-0.2, 0) is 12.3 Å². The summed E-state index contributed by atoms with van der Waals surface area (Å²) in [4.78, 5) is 1.46. The highest BCUT2D eigenvalue weighted by molar-refractivity contribution is 5.85. The van der Waals surface area contributed by atoms with Gasteiger partial charge < -0.3 is 24.4 Å². The number of halogens is 1. The van der Waals surface area contributed by atoms with E-state index in [0.717, 1.165) is 5.56 Å². The van der Waals surface area contributed by atoms with E-state index in [0.29, 0.717) is 35.8 Å². The first-order valence-corrected chi connectivity index (χ1v) is 5.71. The first-order valence-electron chi connectivity index (χ1n) is 5.71. The summed E-state index contributed by atoms with van der Waals surface area (Å²) in [6.07, 6.45) is 0.696. The standard InChI is InChI=1S/C12H15NO5.ClH/c1-13-4-3-7-5-8-10(18-6-17-8)11(16-2)9(7)12(13,14)15;/h5,14-15H,3-4,6H2,1-2H3;1H. The molecule has 7 heteroatoms. The number of ether oxygens (including phenoxy) is 3. The van der Waals surface area contributed by atoms with E-state index in [9.17, 15) is 10.2 Å². The Hall–Kier alpha value is -1.21. The monoisotopic (exact) mass is 289 g/mol. The third-order valence-corrected chi connectivity index (χ3v) is 3.49. The fourth-order valence-corrected chi connectivity index (χ4v) is 2.46. The third kappa shape index (κ3) is 1.92. The SMILES string of the molecule is COc1c2c(cc3c1C(O)(O)N(C)CC3)OCO2.Cl. The number of rotatable bonds is 1. The van der Waals surface area contributed by atoms with Crippen LogP contribution in [0.2, 0.25) is 0 Å². The van der Waals surface area contributed by atoms with Crippen LogP contribution in [-0.4, -0.2) is 42.6 Å². The zero-order chi connectivity index (χ0) is 12.9. The zero-order valence-electron chi connectivity index (χ0n) is 10.7. The molecule has 6 nitrogen and oxygen atoms in total. The van der Waals surface area contributed by atoms with E-state index >= 15 is 0 Å². The van der Waals surface area contributed by atoms with Gasteiger partial charge >= 0.3 is 0 Å². The van der Waals surface area contributed by atoms with Crippen LogP contribution in [0.25, 0.3) is 0 Å². The maximum atomic E-state index is 10.2. The first kappa shape index (κ1) is 14.2. The molecule has 0 aromatic heterocycles. The largest absolute Gasteiger partial charge is 0.492 e. The first-order chi connectivity index (χ1) is 8.55. The molecule has 106 valence electrons.